The average molecular weight is 383 g/mol. The highest BCUT2D eigenvalue weighted by Gasteiger charge is 2.19. The van der Waals surface area contributed by atoms with Crippen molar-refractivity contribution in [2.45, 2.75) is 6.92 Å². The molecule has 0 aliphatic heterocycles. The molecule has 136 valence electrons. The van der Waals surface area contributed by atoms with Gasteiger partial charge in [-0.1, -0.05) is 35.9 Å². The first-order valence-corrected chi connectivity index (χ1v) is 8.41. The number of nitrogens with zero attached hydrogens (tertiary/aromatic N) is 1. The maximum atomic E-state index is 12.7. The highest BCUT2D eigenvalue weighted by atomic mass is 35.5. The van der Waals surface area contributed by atoms with Crippen LogP contribution in [0.3, 0.4) is 0 Å². The molecule has 0 aliphatic rings. The second kappa shape index (κ2) is 7.88. The van der Waals surface area contributed by atoms with E-state index >= 15 is 0 Å². The van der Waals surface area contributed by atoms with Crippen LogP contribution in [0.25, 0.3) is 0 Å². The first kappa shape index (κ1) is 18.4. The Bertz CT molecular complexity index is 1010. The number of para-hydroxylation sites is 1. The lowest BCUT2D eigenvalue weighted by molar-refractivity contribution is -0.385. The van der Waals surface area contributed by atoms with Gasteiger partial charge in [0.25, 0.3) is 11.6 Å². The summed E-state index contributed by atoms with van der Waals surface area (Å²) in [7, 11) is 0. The van der Waals surface area contributed by atoms with Gasteiger partial charge in [-0.3, -0.25) is 14.9 Å². The number of ether oxygens (including phenoxy) is 1. The maximum absolute atomic E-state index is 12.7. The summed E-state index contributed by atoms with van der Waals surface area (Å²) in [4.78, 5) is 23.3. The van der Waals surface area contributed by atoms with Crippen molar-refractivity contribution in [1.82, 2.24) is 0 Å². The van der Waals surface area contributed by atoms with E-state index in [0.29, 0.717) is 22.2 Å². The molecule has 0 unspecified atom stereocenters. The summed E-state index contributed by atoms with van der Waals surface area (Å²) in [6.07, 6.45) is 0. The molecule has 0 bridgehead atoms. The summed E-state index contributed by atoms with van der Waals surface area (Å²) < 4.78 is 5.81. The molecule has 0 fully saturated rings. The fourth-order valence-electron chi connectivity index (χ4n) is 2.56. The molecule has 3 aromatic rings. The maximum Gasteiger partial charge on any atom is 0.273 e. The van der Waals surface area contributed by atoms with Crippen LogP contribution in [0.2, 0.25) is 5.02 Å². The number of halogens is 1. The quantitative estimate of drug-likeness (QED) is 0.460. The van der Waals surface area contributed by atoms with Gasteiger partial charge in [0.2, 0.25) is 0 Å². The third kappa shape index (κ3) is 4.24. The van der Waals surface area contributed by atoms with Crippen LogP contribution in [0.4, 0.5) is 11.4 Å². The zero-order valence-corrected chi connectivity index (χ0v) is 15.1. The topological polar surface area (TPSA) is 81.5 Å². The van der Waals surface area contributed by atoms with Crippen LogP contribution >= 0.6 is 11.6 Å². The smallest absolute Gasteiger partial charge is 0.273 e. The van der Waals surface area contributed by atoms with Crippen molar-refractivity contribution in [3.8, 4) is 11.5 Å². The normalized spacial score (nSPS) is 10.3. The molecule has 1 amide bonds. The van der Waals surface area contributed by atoms with Crippen molar-refractivity contribution in [2.24, 2.45) is 0 Å². The van der Waals surface area contributed by atoms with Crippen LogP contribution in [-0.4, -0.2) is 10.8 Å². The lowest BCUT2D eigenvalue weighted by Gasteiger charge is -2.13. The number of carbonyl (C=O) groups excluding carboxylic acids is 1. The predicted molar refractivity (Wildman–Crippen MR) is 104 cm³/mol. The fraction of sp³-hybridized carbons (Fsp3) is 0.0500. The first-order valence-electron chi connectivity index (χ1n) is 8.03. The summed E-state index contributed by atoms with van der Waals surface area (Å²) >= 11 is 6.05. The Morgan fingerprint density at radius 2 is 1.81 bits per heavy atom. The highest BCUT2D eigenvalue weighted by Crippen LogP contribution is 2.33. The minimum absolute atomic E-state index is 0.116. The van der Waals surface area contributed by atoms with Gasteiger partial charge in [0.15, 0.2) is 5.75 Å². The van der Waals surface area contributed by atoms with Gasteiger partial charge in [-0.2, -0.15) is 0 Å². The van der Waals surface area contributed by atoms with Crippen molar-refractivity contribution in [3.63, 3.8) is 0 Å². The van der Waals surface area contributed by atoms with Crippen LogP contribution in [0.15, 0.2) is 66.7 Å². The van der Waals surface area contributed by atoms with E-state index in [2.05, 4.69) is 5.32 Å². The predicted octanol–water partition coefficient (Wildman–Crippen LogP) is 5.60. The molecule has 0 aromatic heterocycles. The highest BCUT2D eigenvalue weighted by molar-refractivity contribution is 6.31. The van der Waals surface area contributed by atoms with E-state index in [9.17, 15) is 14.9 Å². The summed E-state index contributed by atoms with van der Waals surface area (Å²) in [5.41, 5.74) is 0.735. The molecule has 7 heteroatoms. The number of rotatable bonds is 5. The molecule has 0 heterocycles. The number of amides is 1. The zero-order chi connectivity index (χ0) is 19.4. The Morgan fingerprint density at radius 3 is 2.52 bits per heavy atom. The Balaban J connectivity index is 1.91. The molecule has 1 N–H and O–H groups in total. The van der Waals surface area contributed by atoms with E-state index in [0.717, 1.165) is 0 Å². The van der Waals surface area contributed by atoms with E-state index < -0.39 is 10.8 Å². The molecular formula is C20H15ClN2O4. The number of carbonyl (C=O) groups is 1. The van der Waals surface area contributed by atoms with Crippen molar-refractivity contribution in [3.05, 3.63) is 93.0 Å². The van der Waals surface area contributed by atoms with E-state index in [4.69, 9.17) is 16.3 Å². The van der Waals surface area contributed by atoms with Crippen LogP contribution < -0.4 is 10.1 Å². The second-order valence-electron chi connectivity index (χ2n) is 5.72. The first-order chi connectivity index (χ1) is 13.0. The van der Waals surface area contributed by atoms with Crippen molar-refractivity contribution < 1.29 is 14.5 Å². The van der Waals surface area contributed by atoms with Gasteiger partial charge in [-0.25, -0.2) is 0 Å². The van der Waals surface area contributed by atoms with Gasteiger partial charge in [0, 0.05) is 22.2 Å². The van der Waals surface area contributed by atoms with Gasteiger partial charge in [-0.05, 0) is 43.3 Å². The Morgan fingerprint density at radius 1 is 1.07 bits per heavy atom. The number of benzene rings is 3. The number of nitrogens with one attached hydrogen (secondary N) is 1. The van der Waals surface area contributed by atoms with Crippen LogP contribution in [-0.2, 0) is 0 Å². The van der Waals surface area contributed by atoms with Crippen LogP contribution in [0.5, 0.6) is 11.5 Å². The Kier molecular flexibility index (Phi) is 5.38. The molecule has 0 spiro atoms. The molecule has 0 aliphatic carbocycles. The van der Waals surface area contributed by atoms with Crippen molar-refractivity contribution in [2.75, 3.05) is 5.32 Å². The molecule has 0 radical (unpaired) electrons. The van der Waals surface area contributed by atoms with E-state index in [1.165, 1.54) is 25.1 Å². The molecule has 0 saturated heterocycles. The molecule has 3 rings (SSSR count). The number of hydrogen-bond acceptors (Lipinski definition) is 4. The average Bonchev–Trinajstić information content (AvgIpc) is 2.64. The molecule has 0 saturated carbocycles. The van der Waals surface area contributed by atoms with Crippen LogP contribution in [0.1, 0.15) is 15.9 Å². The minimum Gasteiger partial charge on any atom is -0.455 e. The molecule has 27 heavy (non-hydrogen) atoms. The second-order valence-corrected chi connectivity index (χ2v) is 6.15. The summed E-state index contributed by atoms with van der Waals surface area (Å²) in [5.74, 6) is 0.514. The van der Waals surface area contributed by atoms with E-state index in [1.54, 1.807) is 30.3 Å². The van der Waals surface area contributed by atoms with Crippen LogP contribution in [0, 0.1) is 17.0 Å². The third-order valence-electron chi connectivity index (χ3n) is 3.91. The number of nitro benzene ring substituents is 1. The van der Waals surface area contributed by atoms with Crippen molar-refractivity contribution >= 4 is 28.9 Å². The fourth-order valence-corrected chi connectivity index (χ4v) is 2.73. The lowest BCUT2D eigenvalue weighted by atomic mass is 10.1. The Hall–Kier alpha value is -3.38. The summed E-state index contributed by atoms with van der Waals surface area (Å²) in [6.45, 7) is 1.53. The van der Waals surface area contributed by atoms with E-state index in [-0.39, 0.29) is 16.8 Å². The summed E-state index contributed by atoms with van der Waals surface area (Å²) in [6, 6.07) is 18.3. The van der Waals surface area contributed by atoms with Gasteiger partial charge in [0.05, 0.1) is 10.6 Å². The minimum atomic E-state index is -0.518. The largest absolute Gasteiger partial charge is 0.455 e. The number of hydrogen-bond donors (Lipinski definition) is 1. The third-order valence-corrected chi connectivity index (χ3v) is 4.14. The molecule has 0 atom stereocenters. The molecular weight excluding hydrogens is 368 g/mol. The zero-order valence-electron chi connectivity index (χ0n) is 14.3. The van der Waals surface area contributed by atoms with Crippen molar-refractivity contribution in [1.29, 1.82) is 0 Å². The van der Waals surface area contributed by atoms with Gasteiger partial charge in [-0.15, -0.1) is 0 Å². The van der Waals surface area contributed by atoms with Gasteiger partial charge < -0.3 is 10.1 Å². The number of nitro groups is 1. The monoisotopic (exact) mass is 382 g/mol. The Labute approximate surface area is 160 Å². The van der Waals surface area contributed by atoms with Gasteiger partial charge in [0.1, 0.15) is 5.75 Å². The van der Waals surface area contributed by atoms with E-state index in [1.807, 2.05) is 18.2 Å². The summed E-state index contributed by atoms with van der Waals surface area (Å²) in [5, 5.41) is 14.2. The number of anilines is 1. The molecule has 3 aromatic carbocycles. The lowest BCUT2D eigenvalue weighted by Crippen LogP contribution is -2.14. The molecule has 6 nitrogen and oxygen atoms in total. The standard InChI is InChI=1S/C20H15ClN2O4/c1-13-16(8-5-9-18(13)23(25)26)20(24)22-17-12-14(21)10-11-19(17)27-15-6-3-2-4-7-15/h2-12H,1H3,(H,22,24). The van der Waals surface area contributed by atoms with Gasteiger partial charge >= 0.3 is 0 Å². The SMILES string of the molecule is Cc1c(C(=O)Nc2cc(Cl)ccc2Oc2ccccc2)cccc1[N+](=O)[O-].